The van der Waals surface area contributed by atoms with Crippen LogP contribution >= 0.6 is 11.3 Å². The molecular weight excluding hydrogens is 232 g/mol. The maximum absolute atomic E-state index is 5.67. The molecule has 0 saturated carbocycles. The van der Waals surface area contributed by atoms with Gasteiger partial charge in [0, 0.05) is 17.2 Å². The SMILES string of the molecule is CC1(C)COc2ccc(-c3cnc(N)s3)cc21. The van der Waals surface area contributed by atoms with Crippen molar-refractivity contribution in [1.29, 1.82) is 0 Å². The molecule has 3 nitrogen and oxygen atoms in total. The Kier molecular flexibility index (Phi) is 2.16. The molecule has 3 rings (SSSR count). The van der Waals surface area contributed by atoms with Gasteiger partial charge in [0.25, 0.3) is 0 Å². The number of anilines is 1. The second-order valence-corrected chi connectivity index (χ2v) is 6.01. The van der Waals surface area contributed by atoms with Gasteiger partial charge in [-0.3, -0.25) is 0 Å². The summed E-state index contributed by atoms with van der Waals surface area (Å²) in [7, 11) is 0. The number of rotatable bonds is 1. The van der Waals surface area contributed by atoms with E-state index in [4.69, 9.17) is 10.5 Å². The third kappa shape index (κ3) is 1.69. The van der Waals surface area contributed by atoms with Gasteiger partial charge in [0.05, 0.1) is 11.5 Å². The fraction of sp³-hybridized carbons (Fsp3) is 0.308. The van der Waals surface area contributed by atoms with Crippen molar-refractivity contribution >= 4 is 16.5 Å². The van der Waals surface area contributed by atoms with E-state index in [0.29, 0.717) is 5.13 Å². The zero-order valence-electron chi connectivity index (χ0n) is 9.86. The Morgan fingerprint density at radius 2 is 2.24 bits per heavy atom. The van der Waals surface area contributed by atoms with Crippen molar-refractivity contribution in [3.63, 3.8) is 0 Å². The summed E-state index contributed by atoms with van der Waals surface area (Å²) >= 11 is 1.51. The number of fused-ring (bicyclic) bond motifs is 1. The van der Waals surface area contributed by atoms with Gasteiger partial charge in [-0.25, -0.2) is 4.98 Å². The smallest absolute Gasteiger partial charge is 0.180 e. The van der Waals surface area contributed by atoms with Crippen LogP contribution in [0.15, 0.2) is 24.4 Å². The molecule has 0 fully saturated rings. The van der Waals surface area contributed by atoms with E-state index in [1.807, 2.05) is 12.3 Å². The van der Waals surface area contributed by atoms with Crippen LogP contribution < -0.4 is 10.5 Å². The molecule has 2 aromatic rings. The topological polar surface area (TPSA) is 48.1 Å². The van der Waals surface area contributed by atoms with E-state index in [-0.39, 0.29) is 5.41 Å². The highest BCUT2D eigenvalue weighted by Gasteiger charge is 2.31. The fourth-order valence-corrected chi connectivity index (χ4v) is 2.78. The van der Waals surface area contributed by atoms with E-state index in [1.54, 1.807) is 0 Å². The Morgan fingerprint density at radius 1 is 1.41 bits per heavy atom. The average Bonchev–Trinajstić information content (AvgIpc) is 2.84. The lowest BCUT2D eigenvalue weighted by atomic mass is 9.86. The molecule has 88 valence electrons. The molecule has 0 unspecified atom stereocenters. The van der Waals surface area contributed by atoms with E-state index >= 15 is 0 Å². The minimum atomic E-state index is 0.0849. The maximum atomic E-state index is 5.67. The second kappa shape index (κ2) is 3.47. The summed E-state index contributed by atoms with van der Waals surface area (Å²) in [6, 6.07) is 6.29. The van der Waals surface area contributed by atoms with Gasteiger partial charge in [-0.15, -0.1) is 0 Å². The van der Waals surface area contributed by atoms with Crippen LogP contribution in [0.1, 0.15) is 19.4 Å². The van der Waals surface area contributed by atoms with Crippen LogP contribution in [0.25, 0.3) is 10.4 Å². The van der Waals surface area contributed by atoms with Gasteiger partial charge in [0.1, 0.15) is 5.75 Å². The minimum Gasteiger partial charge on any atom is -0.492 e. The van der Waals surface area contributed by atoms with Gasteiger partial charge in [-0.05, 0) is 23.8 Å². The molecular formula is C13H14N2OS. The molecule has 0 spiro atoms. The van der Waals surface area contributed by atoms with Gasteiger partial charge in [0.15, 0.2) is 5.13 Å². The Bertz CT molecular complexity index is 575. The van der Waals surface area contributed by atoms with Crippen molar-refractivity contribution in [3.05, 3.63) is 30.0 Å². The van der Waals surface area contributed by atoms with E-state index in [0.717, 1.165) is 22.8 Å². The van der Waals surface area contributed by atoms with Crippen molar-refractivity contribution in [2.45, 2.75) is 19.3 Å². The highest BCUT2D eigenvalue weighted by Crippen LogP contribution is 2.41. The van der Waals surface area contributed by atoms with E-state index in [2.05, 4.69) is 31.0 Å². The number of hydrogen-bond donors (Lipinski definition) is 1. The molecule has 1 aliphatic rings. The highest BCUT2D eigenvalue weighted by atomic mass is 32.1. The van der Waals surface area contributed by atoms with E-state index in [9.17, 15) is 0 Å². The highest BCUT2D eigenvalue weighted by molar-refractivity contribution is 7.18. The van der Waals surface area contributed by atoms with E-state index < -0.39 is 0 Å². The van der Waals surface area contributed by atoms with Gasteiger partial charge in [-0.1, -0.05) is 25.2 Å². The third-order valence-corrected chi connectivity index (χ3v) is 3.98. The number of aromatic nitrogens is 1. The summed E-state index contributed by atoms with van der Waals surface area (Å²) in [6.07, 6.45) is 1.82. The third-order valence-electron chi connectivity index (χ3n) is 3.11. The first kappa shape index (κ1) is 10.6. The van der Waals surface area contributed by atoms with Crippen LogP contribution in [0, 0.1) is 0 Å². The van der Waals surface area contributed by atoms with Gasteiger partial charge in [-0.2, -0.15) is 0 Å². The Labute approximate surface area is 104 Å². The molecule has 0 amide bonds. The fourth-order valence-electron chi connectivity index (χ4n) is 2.09. The number of nitrogens with zero attached hydrogens (tertiary/aromatic N) is 1. The Morgan fingerprint density at radius 3 is 2.94 bits per heavy atom. The van der Waals surface area contributed by atoms with Crippen LogP contribution in [0.3, 0.4) is 0 Å². The monoisotopic (exact) mass is 246 g/mol. The molecule has 4 heteroatoms. The molecule has 0 saturated heterocycles. The van der Waals surface area contributed by atoms with Crippen molar-refractivity contribution in [3.8, 4) is 16.2 Å². The molecule has 1 aromatic heterocycles. The Balaban J connectivity index is 2.10. The van der Waals surface area contributed by atoms with Crippen molar-refractivity contribution in [1.82, 2.24) is 4.98 Å². The maximum Gasteiger partial charge on any atom is 0.180 e. The molecule has 17 heavy (non-hydrogen) atoms. The summed E-state index contributed by atoms with van der Waals surface area (Å²) in [6.45, 7) is 5.14. The summed E-state index contributed by atoms with van der Waals surface area (Å²) in [5.74, 6) is 0.997. The van der Waals surface area contributed by atoms with Crippen molar-refractivity contribution in [2.24, 2.45) is 0 Å². The largest absolute Gasteiger partial charge is 0.492 e. The summed E-state index contributed by atoms with van der Waals surface area (Å²) in [5, 5.41) is 0.607. The molecule has 1 aromatic carbocycles. The minimum absolute atomic E-state index is 0.0849. The molecule has 0 aliphatic carbocycles. The second-order valence-electron chi connectivity index (χ2n) is 4.95. The van der Waals surface area contributed by atoms with Gasteiger partial charge < -0.3 is 10.5 Å². The molecule has 0 atom stereocenters. The first-order valence-electron chi connectivity index (χ1n) is 5.55. The summed E-state index contributed by atoms with van der Waals surface area (Å²) < 4.78 is 5.67. The number of thiazole rings is 1. The summed E-state index contributed by atoms with van der Waals surface area (Å²) in [4.78, 5) is 5.19. The average molecular weight is 246 g/mol. The Hall–Kier alpha value is -1.55. The van der Waals surface area contributed by atoms with E-state index in [1.165, 1.54) is 16.9 Å². The number of nitrogens with two attached hydrogens (primary N) is 1. The molecule has 2 N–H and O–H groups in total. The zero-order chi connectivity index (χ0) is 12.0. The quantitative estimate of drug-likeness (QED) is 0.841. The van der Waals surface area contributed by atoms with Crippen molar-refractivity contribution in [2.75, 3.05) is 12.3 Å². The normalized spacial score (nSPS) is 16.6. The van der Waals surface area contributed by atoms with Crippen LogP contribution in [0.5, 0.6) is 5.75 Å². The summed E-state index contributed by atoms with van der Waals surface area (Å²) in [5.41, 5.74) is 8.18. The zero-order valence-corrected chi connectivity index (χ0v) is 10.7. The predicted octanol–water partition coefficient (Wildman–Crippen LogP) is 3.06. The lowest BCUT2D eigenvalue weighted by molar-refractivity contribution is 0.291. The lowest BCUT2D eigenvalue weighted by Gasteiger charge is -2.15. The number of nitrogen functional groups attached to an aromatic ring is 1. The standard InChI is InChI=1S/C13H14N2OS/c1-13(2)7-16-10-4-3-8(5-9(10)13)11-6-15-12(14)17-11/h3-6H,7H2,1-2H3,(H2,14,15). The molecule has 0 bridgehead atoms. The molecule has 0 radical (unpaired) electrons. The van der Waals surface area contributed by atoms with Crippen LogP contribution in [-0.2, 0) is 5.41 Å². The van der Waals surface area contributed by atoms with Gasteiger partial charge >= 0.3 is 0 Å². The van der Waals surface area contributed by atoms with Crippen LogP contribution in [-0.4, -0.2) is 11.6 Å². The van der Waals surface area contributed by atoms with Gasteiger partial charge in [0.2, 0.25) is 0 Å². The molecule has 2 heterocycles. The lowest BCUT2D eigenvalue weighted by Crippen LogP contribution is -2.18. The first-order valence-corrected chi connectivity index (χ1v) is 6.37. The number of ether oxygens (including phenoxy) is 1. The first-order chi connectivity index (χ1) is 8.06. The van der Waals surface area contributed by atoms with Crippen LogP contribution in [0.2, 0.25) is 0 Å². The predicted molar refractivity (Wildman–Crippen MR) is 70.5 cm³/mol. The number of benzene rings is 1. The number of hydrogen-bond acceptors (Lipinski definition) is 4. The van der Waals surface area contributed by atoms with Crippen molar-refractivity contribution < 1.29 is 4.74 Å². The molecule has 1 aliphatic heterocycles. The van der Waals surface area contributed by atoms with Crippen LogP contribution in [0.4, 0.5) is 5.13 Å².